The average Bonchev–Trinajstić information content (AvgIpc) is 2.23. The van der Waals surface area contributed by atoms with Gasteiger partial charge in [-0.1, -0.05) is 19.4 Å². The van der Waals surface area contributed by atoms with Crippen molar-refractivity contribution in [1.82, 2.24) is 5.32 Å². The third kappa shape index (κ3) is 2.65. The third-order valence-corrected chi connectivity index (χ3v) is 3.83. The lowest BCUT2D eigenvalue weighted by molar-refractivity contribution is 0.151. The number of hydrogen-bond acceptors (Lipinski definition) is 1. The van der Waals surface area contributed by atoms with Crippen LogP contribution in [0.5, 0.6) is 0 Å². The molecule has 2 rings (SSSR count). The largest absolute Gasteiger partial charge is 0.309 e. The van der Waals surface area contributed by atoms with E-state index in [1.807, 2.05) is 6.92 Å². The van der Waals surface area contributed by atoms with E-state index >= 15 is 0 Å². The van der Waals surface area contributed by atoms with Crippen molar-refractivity contribution in [2.75, 3.05) is 6.54 Å². The van der Waals surface area contributed by atoms with Crippen molar-refractivity contribution in [2.24, 2.45) is 5.41 Å². The lowest BCUT2D eigenvalue weighted by Crippen LogP contribution is -2.38. The molecule has 0 aromatic heterocycles. The Bertz CT molecular complexity index is 379. The van der Waals surface area contributed by atoms with E-state index in [2.05, 4.69) is 12.2 Å². The molecule has 3 heteroatoms. The van der Waals surface area contributed by atoms with Gasteiger partial charge in [0.05, 0.1) is 0 Å². The lowest BCUT2D eigenvalue weighted by Gasteiger charge is -2.39. The molecule has 0 amide bonds. The molecule has 94 valence electrons. The van der Waals surface area contributed by atoms with Gasteiger partial charge < -0.3 is 5.32 Å². The van der Waals surface area contributed by atoms with Gasteiger partial charge in [0.15, 0.2) is 0 Å². The quantitative estimate of drug-likeness (QED) is 0.842. The van der Waals surface area contributed by atoms with E-state index in [9.17, 15) is 8.78 Å². The molecule has 1 aliphatic rings. The van der Waals surface area contributed by atoms with Gasteiger partial charge >= 0.3 is 0 Å². The van der Waals surface area contributed by atoms with E-state index in [-0.39, 0.29) is 11.6 Å². The SMILES string of the molecule is CC(NCC1(C)CCC1)c1c(F)cccc1F. The molecule has 1 saturated carbocycles. The summed E-state index contributed by atoms with van der Waals surface area (Å²) in [6.07, 6.45) is 3.67. The molecule has 1 N–H and O–H groups in total. The van der Waals surface area contributed by atoms with Gasteiger partial charge in [0.1, 0.15) is 11.6 Å². The molecule has 0 heterocycles. The van der Waals surface area contributed by atoms with Crippen LogP contribution >= 0.6 is 0 Å². The number of benzene rings is 1. The van der Waals surface area contributed by atoms with Crippen LogP contribution in [0.1, 0.15) is 44.7 Å². The molecule has 1 nitrogen and oxygen atoms in total. The molecule has 1 aliphatic carbocycles. The zero-order valence-corrected chi connectivity index (χ0v) is 10.4. The Morgan fingerprint density at radius 2 is 1.88 bits per heavy atom. The first-order chi connectivity index (χ1) is 8.02. The van der Waals surface area contributed by atoms with Gasteiger partial charge in [0.2, 0.25) is 0 Å². The Kier molecular flexibility index (Phi) is 3.48. The Morgan fingerprint density at radius 1 is 1.29 bits per heavy atom. The zero-order chi connectivity index (χ0) is 12.5. The molecule has 1 atom stereocenters. The Morgan fingerprint density at radius 3 is 2.35 bits per heavy atom. The van der Waals surface area contributed by atoms with Crippen LogP contribution in [0.3, 0.4) is 0 Å². The van der Waals surface area contributed by atoms with Crippen molar-refractivity contribution in [3.8, 4) is 0 Å². The first kappa shape index (κ1) is 12.5. The molecule has 1 fully saturated rings. The molecular formula is C14H19F2N. The van der Waals surface area contributed by atoms with Gasteiger partial charge in [0.25, 0.3) is 0 Å². The highest BCUT2D eigenvalue weighted by Gasteiger charge is 2.32. The van der Waals surface area contributed by atoms with Crippen LogP contribution < -0.4 is 5.32 Å². The number of rotatable bonds is 4. The summed E-state index contributed by atoms with van der Waals surface area (Å²) in [5.74, 6) is -0.937. The minimum Gasteiger partial charge on any atom is -0.309 e. The van der Waals surface area contributed by atoms with Crippen molar-refractivity contribution >= 4 is 0 Å². The number of hydrogen-bond donors (Lipinski definition) is 1. The smallest absolute Gasteiger partial charge is 0.130 e. The van der Waals surface area contributed by atoms with Gasteiger partial charge in [-0.3, -0.25) is 0 Å². The monoisotopic (exact) mass is 239 g/mol. The zero-order valence-electron chi connectivity index (χ0n) is 10.4. The minimum absolute atomic E-state index is 0.149. The summed E-state index contributed by atoms with van der Waals surface area (Å²) in [6, 6.07) is 3.73. The second-order valence-electron chi connectivity index (χ2n) is 5.40. The highest BCUT2D eigenvalue weighted by atomic mass is 19.1. The minimum atomic E-state index is -0.469. The summed E-state index contributed by atoms with van der Waals surface area (Å²) in [5, 5.41) is 3.24. The first-order valence-electron chi connectivity index (χ1n) is 6.19. The fourth-order valence-electron chi connectivity index (χ4n) is 2.38. The molecule has 1 unspecified atom stereocenters. The molecule has 0 bridgehead atoms. The van der Waals surface area contributed by atoms with Gasteiger partial charge in [-0.2, -0.15) is 0 Å². The highest BCUT2D eigenvalue weighted by molar-refractivity contribution is 5.22. The fraction of sp³-hybridized carbons (Fsp3) is 0.571. The normalized spacial score (nSPS) is 19.8. The maximum atomic E-state index is 13.5. The van der Waals surface area contributed by atoms with Gasteiger partial charge in [0, 0.05) is 18.2 Å². The van der Waals surface area contributed by atoms with Crippen molar-refractivity contribution < 1.29 is 8.78 Å². The van der Waals surface area contributed by atoms with Crippen LogP contribution in [-0.4, -0.2) is 6.54 Å². The topological polar surface area (TPSA) is 12.0 Å². The lowest BCUT2D eigenvalue weighted by atomic mass is 9.70. The van der Waals surface area contributed by atoms with Crippen LogP contribution in [-0.2, 0) is 0 Å². The molecule has 0 spiro atoms. The fourth-order valence-corrected chi connectivity index (χ4v) is 2.38. The van der Waals surface area contributed by atoms with Crippen molar-refractivity contribution in [2.45, 2.75) is 39.2 Å². The molecule has 0 radical (unpaired) electrons. The van der Waals surface area contributed by atoms with Crippen molar-refractivity contribution in [1.29, 1.82) is 0 Å². The van der Waals surface area contributed by atoms with Gasteiger partial charge in [-0.05, 0) is 37.3 Å². The van der Waals surface area contributed by atoms with Crippen molar-refractivity contribution in [3.05, 3.63) is 35.4 Å². The van der Waals surface area contributed by atoms with Crippen LogP contribution in [0, 0.1) is 17.0 Å². The first-order valence-corrected chi connectivity index (χ1v) is 6.19. The number of nitrogens with one attached hydrogen (secondary N) is 1. The van der Waals surface area contributed by atoms with E-state index in [0.29, 0.717) is 5.41 Å². The third-order valence-electron chi connectivity index (χ3n) is 3.83. The van der Waals surface area contributed by atoms with E-state index in [1.54, 1.807) is 0 Å². The van der Waals surface area contributed by atoms with Crippen LogP contribution in [0.4, 0.5) is 8.78 Å². The Hall–Kier alpha value is -0.960. The van der Waals surface area contributed by atoms with Gasteiger partial charge in [-0.15, -0.1) is 0 Å². The van der Waals surface area contributed by atoms with E-state index < -0.39 is 11.6 Å². The van der Waals surface area contributed by atoms with E-state index in [0.717, 1.165) is 6.54 Å². The maximum absolute atomic E-state index is 13.5. The van der Waals surface area contributed by atoms with Gasteiger partial charge in [-0.25, -0.2) is 8.78 Å². The second-order valence-corrected chi connectivity index (χ2v) is 5.40. The van der Waals surface area contributed by atoms with E-state index in [1.165, 1.54) is 37.5 Å². The molecule has 0 saturated heterocycles. The van der Waals surface area contributed by atoms with Crippen LogP contribution in [0.15, 0.2) is 18.2 Å². The standard InChI is InChI=1S/C14H19F2N/c1-10(17-9-14(2)7-4-8-14)13-11(15)5-3-6-12(13)16/h3,5-6,10,17H,4,7-9H2,1-2H3. The molecule has 17 heavy (non-hydrogen) atoms. The summed E-state index contributed by atoms with van der Waals surface area (Å²) in [5.41, 5.74) is 0.464. The highest BCUT2D eigenvalue weighted by Crippen LogP contribution is 2.40. The summed E-state index contributed by atoms with van der Waals surface area (Å²) in [4.78, 5) is 0. The second kappa shape index (κ2) is 4.73. The molecule has 1 aromatic carbocycles. The molecule has 1 aromatic rings. The van der Waals surface area contributed by atoms with E-state index in [4.69, 9.17) is 0 Å². The number of halogens is 2. The van der Waals surface area contributed by atoms with Crippen LogP contribution in [0.2, 0.25) is 0 Å². The summed E-state index contributed by atoms with van der Waals surface area (Å²) in [6.45, 7) is 4.85. The van der Waals surface area contributed by atoms with Crippen LogP contribution in [0.25, 0.3) is 0 Å². The molecule has 0 aliphatic heterocycles. The summed E-state index contributed by atoms with van der Waals surface area (Å²) in [7, 11) is 0. The maximum Gasteiger partial charge on any atom is 0.130 e. The summed E-state index contributed by atoms with van der Waals surface area (Å²) < 4.78 is 27.1. The predicted octanol–water partition coefficient (Wildman–Crippen LogP) is 3.81. The Labute approximate surface area is 101 Å². The predicted molar refractivity (Wildman–Crippen MR) is 64.7 cm³/mol. The molecular weight excluding hydrogens is 220 g/mol. The average molecular weight is 239 g/mol. The Balaban J connectivity index is 2.01. The van der Waals surface area contributed by atoms with Crippen molar-refractivity contribution in [3.63, 3.8) is 0 Å². The summed E-state index contributed by atoms with van der Waals surface area (Å²) >= 11 is 0.